The fraction of sp³-hybridized carbons (Fsp3) is 0.467. The van der Waals surface area contributed by atoms with Gasteiger partial charge < -0.3 is 10.1 Å². The molecule has 1 heterocycles. The molecule has 4 nitrogen and oxygen atoms in total. The van der Waals surface area contributed by atoms with Crippen LogP contribution in [0.2, 0.25) is 0 Å². The Morgan fingerprint density at radius 2 is 2.00 bits per heavy atom. The second kappa shape index (κ2) is 5.43. The van der Waals surface area contributed by atoms with Gasteiger partial charge in [-0.15, -0.1) is 0 Å². The van der Waals surface area contributed by atoms with Crippen molar-refractivity contribution in [1.29, 1.82) is 0 Å². The Hall–Kier alpha value is -1.84. The van der Waals surface area contributed by atoms with Gasteiger partial charge in [0.05, 0.1) is 17.5 Å². The highest BCUT2D eigenvalue weighted by molar-refractivity contribution is 5.84. The average molecular weight is 257 g/mol. The third-order valence-corrected chi connectivity index (χ3v) is 3.72. The molecule has 1 fully saturated rings. The van der Waals surface area contributed by atoms with E-state index in [9.17, 15) is 0 Å². The van der Waals surface area contributed by atoms with Crippen LogP contribution in [0.4, 0.5) is 5.95 Å². The number of rotatable bonds is 4. The van der Waals surface area contributed by atoms with Gasteiger partial charge in [-0.25, -0.2) is 4.98 Å². The third kappa shape index (κ3) is 2.62. The minimum Gasteiger partial charge on any atom is -0.477 e. The Kier molecular flexibility index (Phi) is 3.49. The highest BCUT2D eigenvalue weighted by Gasteiger charge is 2.17. The van der Waals surface area contributed by atoms with Gasteiger partial charge in [0.2, 0.25) is 11.8 Å². The number of benzene rings is 1. The largest absolute Gasteiger partial charge is 0.477 e. The number of aromatic nitrogens is 2. The van der Waals surface area contributed by atoms with Crippen LogP contribution >= 0.6 is 0 Å². The van der Waals surface area contributed by atoms with Crippen molar-refractivity contribution < 1.29 is 4.74 Å². The molecule has 0 atom stereocenters. The number of para-hydroxylation sites is 1. The predicted molar refractivity (Wildman–Crippen MR) is 76.5 cm³/mol. The first-order valence-electron chi connectivity index (χ1n) is 6.94. The molecule has 1 aliphatic rings. The number of hydrogen-bond acceptors (Lipinski definition) is 4. The molecule has 0 saturated heterocycles. The molecule has 0 bridgehead atoms. The molecule has 1 aromatic heterocycles. The van der Waals surface area contributed by atoms with Crippen LogP contribution in [-0.2, 0) is 0 Å². The molecule has 1 aliphatic carbocycles. The summed E-state index contributed by atoms with van der Waals surface area (Å²) in [7, 11) is 1.82. The van der Waals surface area contributed by atoms with Crippen molar-refractivity contribution in [3.63, 3.8) is 0 Å². The van der Waals surface area contributed by atoms with E-state index in [0.29, 0.717) is 17.7 Å². The van der Waals surface area contributed by atoms with Crippen molar-refractivity contribution in [3.8, 4) is 5.88 Å². The second-order valence-corrected chi connectivity index (χ2v) is 5.08. The first-order valence-corrected chi connectivity index (χ1v) is 6.94. The highest BCUT2D eigenvalue weighted by atomic mass is 16.5. The molecule has 100 valence electrons. The maximum absolute atomic E-state index is 5.95. The number of anilines is 1. The molecule has 4 heteroatoms. The quantitative estimate of drug-likeness (QED) is 0.913. The third-order valence-electron chi connectivity index (χ3n) is 3.72. The second-order valence-electron chi connectivity index (χ2n) is 5.08. The molecular formula is C15H19N3O. The van der Waals surface area contributed by atoms with Gasteiger partial charge in [-0.2, -0.15) is 4.98 Å². The van der Waals surface area contributed by atoms with Gasteiger partial charge in [0, 0.05) is 7.05 Å². The van der Waals surface area contributed by atoms with Crippen LogP contribution in [0.25, 0.3) is 10.9 Å². The molecule has 1 N–H and O–H groups in total. The Morgan fingerprint density at radius 3 is 2.79 bits per heavy atom. The number of nitrogens with zero attached hydrogens (tertiary/aromatic N) is 2. The van der Waals surface area contributed by atoms with Crippen LogP contribution in [0.5, 0.6) is 5.88 Å². The van der Waals surface area contributed by atoms with Crippen LogP contribution in [0.1, 0.15) is 25.7 Å². The summed E-state index contributed by atoms with van der Waals surface area (Å²) in [5.41, 5.74) is 0.920. The van der Waals surface area contributed by atoms with Gasteiger partial charge in [0.1, 0.15) is 0 Å². The first kappa shape index (κ1) is 12.2. The van der Waals surface area contributed by atoms with Crippen molar-refractivity contribution in [3.05, 3.63) is 24.3 Å². The lowest BCUT2D eigenvalue weighted by Gasteiger charge is -2.13. The minimum atomic E-state index is 0.611. The summed E-state index contributed by atoms with van der Waals surface area (Å²) in [4.78, 5) is 8.87. The van der Waals surface area contributed by atoms with Crippen molar-refractivity contribution in [1.82, 2.24) is 9.97 Å². The topological polar surface area (TPSA) is 47.0 Å². The standard InChI is InChI=1S/C15H19N3O/c1-16-15-17-13-9-5-4-8-12(13)14(18-15)19-10-11-6-2-3-7-11/h4-5,8-9,11H,2-3,6-7,10H2,1H3,(H,16,17,18). The SMILES string of the molecule is CNc1nc(OCC2CCCC2)c2ccccc2n1. The molecule has 0 aliphatic heterocycles. The zero-order valence-electron chi connectivity index (χ0n) is 11.2. The maximum atomic E-state index is 5.95. The summed E-state index contributed by atoms with van der Waals surface area (Å²) in [6.45, 7) is 0.768. The van der Waals surface area contributed by atoms with Gasteiger partial charge in [-0.1, -0.05) is 25.0 Å². The summed E-state index contributed by atoms with van der Waals surface area (Å²) < 4.78 is 5.95. The molecule has 0 spiro atoms. The van der Waals surface area contributed by atoms with Crippen LogP contribution in [0.3, 0.4) is 0 Å². The molecular weight excluding hydrogens is 238 g/mol. The van der Waals surface area contributed by atoms with E-state index in [-0.39, 0.29) is 0 Å². The van der Waals surface area contributed by atoms with Crippen LogP contribution in [0.15, 0.2) is 24.3 Å². The van der Waals surface area contributed by atoms with Crippen molar-refractivity contribution in [2.75, 3.05) is 19.0 Å². The molecule has 0 radical (unpaired) electrons. The van der Waals surface area contributed by atoms with Crippen LogP contribution < -0.4 is 10.1 Å². The van der Waals surface area contributed by atoms with Crippen molar-refractivity contribution >= 4 is 16.9 Å². The Morgan fingerprint density at radius 1 is 1.21 bits per heavy atom. The van der Waals surface area contributed by atoms with E-state index in [2.05, 4.69) is 15.3 Å². The smallest absolute Gasteiger partial charge is 0.226 e. The zero-order chi connectivity index (χ0) is 13.1. The molecule has 0 amide bonds. The fourth-order valence-electron chi connectivity index (χ4n) is 2.64. The van der Waals surface area contributed by atoms with E-state index in [0.717, 1.165) is 17.5 Å². The van der Waals surface area contributed by atoms with Crippen molar-refractivity contribution in [2.45, 2.75) is 25.7 Å². The maximum Gasteiger partial charge on any atom is 0.226 e. The summed E-state index contributed by atoms with van der Waals surface area (Å²) >= 11 is 0. The highest BCUT2D eigenvalue weighted by Crippen LogP contribution is 2.28. The lowest BCUT2D eigenvalue weighted by molar-refractivity contribution is 0.246. The molecule has 2 aromatic rings. The van der Waals surface area contributed by atoms with Gasteiger partial charge in [0.25, 0.3) is 0 Å². The summed E-state index contributed by atoms with van der Waals surface area (Å²) in [5, 5.41) is 3.97. The van der Waals surface area contributed by atoms with E-state index in [4.69, 9.17) is 4.74 Å². The molecule has 1 aromatic carbocycles. The van der Waals surface area contributed by atoms with Gasteiger partial charge >= 0.3 is 0 Å². The number of fused-ring (bicyclic) bond motifs is 1. The lowest BCUT2D eigenvalue weighted by Crippen LogP contribution is -2.10. The minimum absolute atomic E-state index is 0.611. The summed E-state index contributed by atoms with van der Waals surface area (Å²) in [6, 6.07) is 7.97. The normalized spacial score (nSPS) is 15.8. The fourth-order valence-corrected chi connectivity index (χ4v) is 2.64. The summed E-state index contributed by atoms with van der Waals surface area (Å²) in [6.07, 6.45) is 5.23. The van der Waals surface area contributed by atoms with E-state index in [1.165, 1.54) is 25.7 Å². The van der Waals surface area contributed by atoms with Crippen molar-refractivity contribution in [2.24, 2.45) is 5.92 Å². The monoisotopic (exact) mass is 257 g/mol. The predicted octanol–water partition coefficient (Wildman–Crippen LogP) is 3.24. The van der Waals surface area contributed by atoms with Gasteiger partial charge in [-0.3, -0.25) is 0 Å². The first-order chi connectivity index (χ1) is 9.36. The van der Waals surface area contributed by atoms with Crippen LogP contribution in [-0.4, -0.2) is 23.6 Å². The van der Waals surface area contributed by atoms with Gasteiger partial charge in [-0.05, 0) is 30.9 Å². The van der Waals surface area contributed by atoms with Crippen LogP contribution in [0, 0.1) is 5.92 Å². The molecule has 1 saturated carbocycles. The average Bonchev–Trinajstić information content (AvgIpc) is 2.97. The molecule has 3 rings (SSSR count). The Labute approximate surface area is 113 Å². The van der Waals surface area contributed by atoms with E-state index < -0.39 is 0 Å². The van der Waals surface area contributed by atoms with E-state index in [1.54, 1.807) is 0 Å². The molecule has 19 heavy (non-hydrogen) atoms. The van der Waals surface area contributed by atoms with E-state index >= 15 is 0 Å². The molecule has 0 unspecified atom stereocenters. The lowest BCUT2D eigenvalue weighted by atomic mass is 10.1. The number of ether oxygens (including phenoxy) is 1. The van der Waals surface area contributed by atoms with Gasteiger partial charge in [0.15, 0.2) is 0 Å². The Balaban J connectivity index is 1.87. The number of hydrogen-bond donors (Lipinski definition) is 1. The summed E-state index contributed by atoms with van der Waals surface area (Å²) in [5.74, 6) is 1.99. The van der Waals surface area contributed by atoms with E-state index in [1.807, 2.05) is 31.3 Å². The number of nitrogens with one attached hydrogen (secondary N) is 1. The Bertz CT molecular complexity index is 564. The zero-order valence-corrected chi connectivity index (χ0v) is 11.2.